The van der Waals surface area contributed by atoms with Crippen molar-refractivity contribution >= 4 is 37.9 Å². The second-order valence-corrected chi connectivity index (χ2v) is 9.06. The number of carbonyl (C=O) groups is 1. The van der Waals surface area contributed by atoms with Crippen molar-refractivity contribution in [3.05, 3.63) is 80.8 Å². The molecule has 0 aliphatic rings. The van der Waals surface area contributed by atoms with Gasteiger partial charge >= 0.3 is 0 Å². The van der Waals surface area contributed by atoms with Gasteiger partial charge in [-0.15, -0.1) is 11.3 Å². The van der Waals surface area contributed by atoms with Crippen LogP contribution in [0, 0.1) is 10.1 Å². The van der Waals surface area contributed by atoms with E-state index < -0.39 is 31.3 Å². The molecule has 0 aliphatic heterocycles. The van der Waals surface area contributed by atoms with Crippen molar-refractivity contribution in [1.29, 1.82) is 0 Å². The first-order valence-electron chi connectivity index (χ1n) is 8.02. The van der Waals surface area contributed by atoms with Gasteiger partial charge in [0.25, 0.3) is 11.6 Å². The number of nitrogens with zero attached hydrogens (tertiary/aromatic N) is 2. The van der Waals surface area contributed by atoms with Crippen LogP contribution in [0.25, 0.3) is 0 Å². The molecule has 3 rings (SSSR count). The van der Waals surface area contributed by atoms with E-state index in [1.807, 2.05) is 30.3 Å². The van der Waals surface area contributed by atoms with Gasteiger partial charge in [-0.1, -0.05) is 30.3 Å². The number of aromatic nitrogens is 1. The number of benzene rings is 2. The minimum Gasteiger partial charge on any atom is -0.298 e. The molecule has 0 radical (unpaired) electrons. The Bertz CT molecular complexity index is 1140. The molecule has 0 unspecified atom stereocenters. The third kappa shape index (κ3) is 4.59. The van der Waals surface area contributed by atoms with Gasteiger partial charge in [-0.05, 0) is 17.7 Å². The molecule has 8 nitrogen and oxygen atoms in total. The summed E-state index contributed by atoms with van der Waals surface area (Å²) in [5, 5.41) is 14.1. The lowest BCUT2D eigenvalue weighted by atomic mass is 10.1. The zero-order valence-corrected chi connectivity index (χ0v) is 16.3. The Balaban J connectivity index is 1.78. The number of amides is 1. The summed E-state index contributed by atoms with van der Waals surface area (Å²) in [6, 6.07) is 13.0. The number of anilines is 1. The highest BCUT2D eigenvalue weighted by Gasteiger charge is 2.24. The quantitative estimate of drug-likeness (QED) is 0.485. The van der Waals surface area contributed by atoms with Crippen LogP contribution in [0.1, 0.15) is 20.8 Å². The van der Waals surface area contributed by atoms with E-state index in [2.05, 4.69) is 10.3 Å². The molecule has 2 aromatic carbocycles. The molecule has 10 heteroatoms. The Labute approximate surface area is 164 Å². The normalized spacial score (nSPS) is 11.2. The monoisotopic (exact) mass is 417 g/mol. The molecule has 28 heavy (non-hydrogen) atoms. The minimum atomic E-state index is -3.79. The lowest BCUT2D eigenvalue weighted by Gasteiger charge is -2.05. The molecular formula is C18H15N3O5S2. The maximum Gasteiger partial charge on any atom is 0.288 e. The van der Waals surface area contributed by atoms with Gasteiger partial charge in [0.2, 0.25) is 0 Å². The number of hydrogen-bond donors (Lipinski definition) is 1. The molecule has 0 aliphatic carbocycles. The number of thiazole rings is 1. The van der Waals surface area contributed by atoms with E-state index in [4.69, 9.17) is 0 Å². The second kappa shape index (κ2) is 7.87. The molecule has 1 aromatic heterocycles. The van der Waals surface area contributed by atoms with E-state index in [-0.39, 0.29) is 5.56 Å². The van der Waals surface area contributed by atoms with E-state index in [0.717, 1.165) is 28.8 Å². The standard InChI is InChI=1S/C18H15N3O5S2/c1-28(25,26)16-8-7-13(10-15(16)21(23)24)17(22)20-18-19-11-14(27-18)9-12-5-3-2-4-6-12/h2-8,10-11H,9H2,1H3,(H,19,20,22). The fraction of sp³-hybridized carbons (Fsp3) is 0.111. The number of hydrogen-bond acceptors (Lipinski definition) is 7. The van der Waals surface area contributed by atoms with Crippen molar-refractivity contribution in [2.45, 2.75) is 11.3 Å². The second-order valence-electron chi connectivity index (χ2n) is 5.96. The molecule has 1 N–H and O–H groups in total. The van der Waals surface area contributed by atoms with E-state index in [9.17, 15) is 23.3 Å². The lowest BCUT2D eigenvalue weighted by molar-refractivity contribution is -0.387. The smallest absolute Gasteiger partial charge is 0.288 e. The van der Waals surface area contributed by atoms with Crippen molar-refractivity contribution < 1.29 is 18.1 Å². The molecule has 0 atom stereocenters. The topological polar surface area (TPSA) is 119 Å². The predicted octanol–water partition coefficient (Wildman–Crippen LogP) is 3.30. The van der Waals surface area contributed by atoms with Crippen molar-refractivity contribution in [2.24, 2.45) is 0 Å². The molecule has 0 bridgehead atoms. The van der Waals surface area contributed by atoms with Crippen LogP contribution in [0.4, 0.5) is 10.8 Å². The number of carbonyl (C=O) groups excluding carboxylic acids is 1. The molecule has 1 heterocycles. The summed E-state index contributed by atoms with van der Waals surface area (Å²) in [4.78, 5) is 27.4. The number of nitro groups is 1. The molecule has 0 saturated heterocycles. The third-order valence-corrected chi connectivity index (χ3v) is 5.87. The van der Waals surface area contributed by atoms with Gasteiger partial charge in [-0.3, -0.25) is 20.2 Å². The number of rotatable bonds is 6. The Morgan fingerprint density at radius 2 is 1.93 bits per heavy atom. The van der Waals surface area contributed by atoms with Gasteiger partial charge in [0, 0.05) is 35.4 Å². The van der Waals surface area contributed by atoms with Crippen LogP contribution in [0.3, 0.4) is 0 Å². The highest BCUT2D eigenvalue weighted by molar-refractivity contribution is 7.90. The van der Waals surface area contributed by atoms with Crippen LogP contribution in [0.2, 0.25) is 0 Å². The SMILES string of the molecule is CS(=O)(=O)c1ccc(C(=O)Nc2ncc(Cc3ccccc3)s2)cc1[N+](=O)[O-]. The lowest BCUT2D eigenvalue weighted by Crippen LogP contribution is -2.13. The van der Waals surface area contributed by atoms with Crippen molar-refractivity contribution in [3.63, 3.8) is 0 Å². The van der Waals surface area contributed by atoms with Gasteiger partial charge in [-0.25, -0.2) is 13.4 Å². The molecule has 0 fully saturated rings. The first-order valence-corrected chi connectivity index (χ1v) is 10.7. The van der Waals surface area contributed by atoms with Crippen LogP contribution in [-0.2, 0) is 16.3 Å². The van der Waals surface area contributed by atoms with Crippen molar-refractivity contribution in [2.75, 3.05) is 11.6 Å². The first-order chi connectivity index (χ1) is 13.2. The predicted molar refractivity (Wildman–Crippen MR) is 106 cm³/mol. The van der Waals surface area contributed by atoms with Gasteiger partial charge in [-0.2, -0.15) is 0 Å². The Kier molecular flexibility index (Phi) is 5.52. The van der Waals surface area contributed by atoms with Gasteiger partial charge < -0.3 is 0 Å². The Morgan fingerprint density at radius 3 is 2.57 bits per heavy atom. The van der Waals surface area contributed by atoms with E-state index in [0.29, 0.717) is 11.6 Å². The largest absolute Gasteiger partial charge is 0.298 e. The fourth-order valence-electron chi connectivity index (χ4n) is 2.53. The molecule has 3 aromatic rings. The van der Waals surface area contributed by atoms with Crippen LogP contribution in [-0.4, -0.2) is 30.5 Å². The van der Waals surface area contributed by atoms with E-state index in [1.165, 1.54) is 17.4 Å². The van der Waals surface area contributed by atoms with Crippen LogP contribution in [0.5, 0.6) is 0 Å². The third-order valence-electron chi connectivity index (χ3n) is 3.81. The summed E-state index contributed by atoms with van der Waals surface area (Å²) in [5.74, 6) is -0.608. The first kappa shape index (κ1) is 19.6. The van der Waals surface area contributed by atoms with Crippen LogP contribution in [0.15, 0.2) is 59.6 Å². The van der Waals surface area contributed by atoms with Gasteiger partial charge in [0.05, 0.1) is 4.92 Å². The summed E-state index contributed by atoms with van der Waals surface area (Å²) in [6.07, 6.45) is 3.20. The summed E-state index contributed by atoms with van der Waals surface area (Å²) >= 11 is 1.30. The number of nitrogens with one attached hydrogen (secondary N) is 1. The molecule has 0 saturated carbocycles. The minimum absolute atomic E-state index is 0.0288. The highest BCUT2D eigenvalue weighted by atomic mass is 32.2. The summed E-state index contributed by atoms with van der Waals surface area (Å²) in [5.41, 5.74) is 0.439. The molecule has 144 valence electrons. The summed E-state index contributed by atoms with van der Waals surface area (Å²) in [6.45, 7) is 0. The Morgan fingerprint density at radius 1 is 1.21 bits per heavy atom. The molecule has 1 amide bonds. The van der Waals surface area contributed by atoms with Crippen LogP contribution >= 0.6 is 11.3 Å². The van der Waals surface area contributed by atoms with E-state index >= 15 is 0 Å². The van der Waals surface area contributed by atoms with Gasteiger partial charge in [0.1, 0.15) is 4.90 Å². The van der Waals surface area contributed by atoms with Gasteiger partial charge in [0.15, 0.2) is 15.0 Å². The average Bonchev–Trinajstić information content (AvgIpc) is 3.08. The maximum absolute atomic E-state index is 12.4. The number of nitro benzene ring substituents is 1. The van der Waals surface area contributed by atoms with Crippen molar-refractivity contribution in [3.8, 4) is 0 Å². The molecular weight excluding hydrogens is 402 g/mol. The fourth-order valence-corrected chi connectivity index (χ4v) is 4.20. The van der Waals surface area contributed by atoms with Crippen LogP contribution < -0.4 is 5.32 Å². The average molecular weight is 417 g/mol. The van der Waals surface area contributed by atoms with Crippen molar-refractivity contribution in [1.82, 2.24) is 4.98 Å². The highest BCUT2D eigenvalue weighted by Crippen LogP contribution is 2.26. The summed E-state index contributed by atoms with van der Waals surface area (Å²) in [7, 11) is -3.79. The molecule has 0 spiro atoms. The zero-order valence-electron chi connectivity index (χ0n) is 14.7. The van der Waals surface area contributed by atoms with E-state index in [1.54, 1.807) is 6.20 Å². The zero-order chi connectivity index (χ0) is 20.3. The number of sulfone groups is 1. The maximum atomic E-state index is 12.4. The summed E-state index contributed by atoms with van der Waals surface area (Å²) < 4.78 is 23.3. The Hall–Kier alpha value is -3.11.